The molecule has 68 heavy (non-hydrogen) atoms. The van der Waals surface area contributed by atoms with Gasteiger partial charge in [0.15, 0.2) is 67.2 Å². The molecule has 2 aliphatic heterocycles. The van der Waals surface area contributed by atoms with Crippen LogP contribution in [0.4, 0.5) is 0 Å². The maximum absolute atomic E-state index is 14.3. The molecule has 0 aromatic rings. The van der Waals surface area contributed by atoms with E-state index in [-0.39, 0.29) is 34.4 Å². The number of hydrogen-bond acceptors (Lipinski definition) is 21. The van der Waals surface area contributed by atoms with Crippen molar-refractivity contribution >= 4 is 53.5 Å². The first-order chi connectivity index (χ1) is 32.0. The highest BCUT2D eigenvalue weighted by Gasteiger charge is 2.63. The van der Waals surface area contributed by atoms with Crippen molar-refractivity contribution in [1.29, 1.82) is 0 Å². The molecule has 0 unspecified atom stereocenters. The summed E-state index contributed by atoms with van der Waals surface area (Å²) in [6.45, 7) is 10.7. The molecule has 18 atom stereocenters. The highest BCUT2D eigenvalue weighted by atomic mass is 16.8. The van der Waals surface area contributed by atoms with Gasteiger partial charge in [-0.3, -0.25) is 33.6 Å². The molecule has 2 saturated heterocycles. The van der Waals surface area contributed by atoms with Crippen LogP contribution in [0.5, 0.6) is 0 Å². The average molecular weight is 967 g/mol. The molecule has 4 aliphatic carbocycles. The van der Waals surface area contributed by atoms with Crippen LogP contribution in [0.15, 0.2) is 0 Å². The van der Waals surface area contributed by atoms with Gasteiger partial charge in [0, 0.05) is 47.5 Å². The molecule has 2 heterocycles. The SMILES string of the molecule is COC(=O)[C@H]1O[C@H](OCC(=O)[C@@H]2CC[C@H]3[C@@H]4CC[C@@H]5C[C@H](O[C@@H]6O[C@@H](C(=O)OC)[C@@H](OC(C)=O)[C@H](OC(C)=O)[C@H]6OC(C)=O)CC[C@@]5(C)[C@H]4CC[C@]23C)[C@@H](OC(C)=O)[C@H](OC(C)=O)[C@H]1OC(C)=O. The quantitative estimate of drug-likeness (QED) is 0.138. The lowest BCUT2D eigenvalue weighted by molar-refractivity contribution is -0.315. The van der Waals surface area contributed by atoms with Gasteiger partial charge in [0.1, 0.15) is 6.61 Å². The fraction of sp³-hybridized carbons (Fsp3) is 0.809. The Morgan fingerprint density at radius 3 is 1.44 bits per heavy atom. The number of Topliss-reactive ketones (excluding diaryl/α,β-unsaturated/α-hetero) is 1. The number of rotatable bonds is 14. The fourth-order valence-corrected chi connectivity index (χ4v) is 12.7. The molecule has 0 aromatic carbocycles. The van der Waals surface area contributed by atoms with Crippen molar-refractivity contribution in [2.45, 2.75) is 181 Å². The number of methoxy groups -OCH3 is 2. The van der Waals surface area contributed by atoms with Crippen molar-refractivity contribution in [3.63, 3.8) is 0 Å². The van der Waals surface area contributed by atoms with Crippen LogP contribution in [0.1, 0.15) is 113 Å². The lowest BCUT2D eigenvalue weighted by atomic mass is 9.44. The zero-order valence-electron chi connectivity index (χ0n) is 40.4. The van der Waals surface area contributed by atoms with E-state index >= 15 is 0 Å². The first-order valence-electron chi connectivity index (χ1n) is 23.3. The van der Waals surface area contributed by atoms with Crippen LogP contribution in [-0.4, -0.2) is 142 Å². The molecule has 0 N–H and O–H groups in total. The van der Waals surface area contributed by atoms with Gasteiger partial charge in [-0.2, -0.15) is 0 Å². The molecule has 0 amide bonds. The summed E-state index contributed by atoms with van der Waals surface area (Å²) in [4.78, 5) is 114. The smallest absolute Gasteiger partial charge is 0.339 e. The molecule has 0 bridgehead atoms. The Labute approximate surface area is 394 Å². The molecule has 4 saturated carbocycles. The molecule has 0 spiro atoms. The van der Waals surface area contributed by atoms with Crippen LogP contribution < -0.4 is 0 Å². The molecule has 0 radical (unpaired) electrons. The van der Waals surface area contributed by atoms with Crippen molar-refractivity contribution in [3.8, 4) is 0 Å². The van der Waals surface area contributed by atoms with Gasteiger partial charge < -0.3 is 56.8 Å². The predicted molar refractivity (Wildman–Crippen MR) is 226 cm³/mol. The van der Waals surface area contributed by atoms with Crippen molar-refractivity contribution in [3.05, 3.63) is 0 Å². The lowest BCUT2D eigenvalue weighted by Crippen LogP contribution is -2.64. The third-order valence-electron chi connectivity index (χ3n) is 15.4. The van der Waals surface area contributed by atoms with E-state index in [1.54, 1.807) is 0 Å². The molecule has 6 aliphatic rings. The minimum absolute atomic E-state index is 0.0735. The second-order valence-electron chi connectivity index (χ2n) is 19.5. The molecule has 380 valence electrons. The third kappa shape index (κ3) is 11.0. The minimum atomic E-state index is -1.65. The summed E-state index contributed by atoms with van der Waals surface area (Å²) in [5.74, 6) is -6.10. The number of carbonyl (C=O) groups excluding carboxylic acids is 9. The van der Waals surface area contributed by atoms with Crippen LogP contribution >= 0.6 is 0 Å². The zero-order valence-corrected chi connectivity index (χ0v) is 40.4. The summed E-state index contributed by atoms with van der Waals surface area (Å²) in [5.41, 5.74) is -0.429. The highest BCUT2D eigenvalue weighted by molar-refractivity contribution is 5.83. The Balaban J connectivity index is 1.14. The summed E-state index contributed by atoms with van der Waals surface area (Å²) >= 11 is 0. The summed E-state index contributed by atoms with van der Waals surface area (Å²) in [6, 6.07) is 0. The number of ether oxygens (including phenoxy) is 12. The van der Waals surface area contributed by atoms with Crippen molar-refractivity contribution in [2.75, 3.05) is 20.8 Å². The highest BCUT2D eigenvalue weighted by Crippen LogP contribution is 2.67. The van der Waals surface area contributed by atoms with Crippen molar-refractivity contribution in [1.82, 2.24) is 0 Å². The Kier molecular flexibility index (Phi) is 16.6. The Morgan fingerprint density at radius 2 is 0.941 bits per heavy atom. The third-order valence-corrected chi connectivity index (χ3v) is 15.4. The topological polar surface area (TPSA) is 264 Å². The van der Waals surface area contributed by atoms with Crippen LogP contribution in [0, 0.1) is 40.4 Å². The van der Waals surface area contributed by atoms with Gasteiger partial charge in [-0.15, -0.1) is 0 Å². The summed E-state index contributed by atoms with van der Waals surface area (Å²) in [7, 11) is 2.22. The van der Waals surface area contributed by atoms with E-state index in [1.165, 1.54) is 0 Å². The van der Waals surface area contributed by atoms with Crippen LogP contribution in [0.2, 0.25) is 0 Å². The van der Waals surface area contributed by atoms with Crippen molar-refractivity contribution < 1.29 is 100.0 Å². The maximum Gasteiger partial charge on any atom is 0.339 e. The second kappa shape index (κ2) is 21.5. The first kappa shape index (κ1) is 52.6. The van der Waals surface area contributed by atoms with E-state index in [0.717, 1.165) is 94.3 Å². The van der Waals surface area contributed by atoms with E-state index in [9.17, 15) is 43.2 Å². The van der Waals surface area contributed by atoms with Gasteiger partial charge in [-0.05, 0) is 92.3 Å². The van der Waals surface area contributed by atoms with Gasteiger partial charge >= 0.3 is 47.8 Å². The standard InChI is InChI=1S/C47H66O21/c1-21(48)60-34-36(62-23(3)50)40(64-25(5)52)44(67-38(34)42(55)57-9)59-20-33(54)32-14-13-30-29-12-11-27-19-28(15-17-46(27,7)31(29)16-18-47(30,32)8)66-45-41(65-26(6)53)37(63-24(4)51)35(61-22(2)49)39(68-45)43(56)58-10/h27-32,34-41,44-45H,11-20H2,1-10H3/t27-,28-,29+,30+,31+,32+,34-,35+,36-,37+,38+,39-,40+,41-,44+,45-,46-,47+/m1/s1. The van der Waals surface area contributed by atoms with E-state index in [1.807, 2.05) is 0 Å². The van der Waals surface area contributed by atoms with E-state index in [2.05, 4.69) is 13.8 Å². The number of carbonyl (C=O) groups is 9. The fourth-order valence-electron chi connectivity index (χ4n) is 12.7. The number of hydrogen-bond donors (Lipinski definition) is 0. The Bertz CT molecular complexity index is 1950. The Hall–Kier alpha value is -4.73. The first-order valence-corrected chi connectivity index (χ1v) is 23.3. The van der Waals surface area contributed by atoms with Crippen LogP contribution in [-0.2, 0) is 100.0 Å². The summed E-state index contributed by atoms with van der Waals surface area (Å²) in [5, 5.41) is 0. The molecule has 21 heteroatoms. The zero-order chi connectivity index (χ0) is 50.0. The van der Waals surface area contributed by atoms with Gasteiger partial charge in [0.2, 0.25) is 0 Å². The van der Waals surface area contributed by atoms with Crippen LogP contribution in [0.3, 0.4) is 0 Å². The molecule has 0 aromatic heterocycles. The largest absolute Gasteiger partial charge is 0.467 e. The van der Waals surface area contributed by atoms with Gasteiger partial charge in [0.05, 0.1) is 20.3 Å². The van der Waals surface area contributed by atoms with Gasteiger partial charge in [-0.1, -0.05) is 13.8 Å². The molecule has 21 nitrogen and oxygen atoms in total. The van der Waals surface area contributed by atoms with Crippen molar-refractivity contribution in [2.24, 2.45) is 40.4 Å². The van der Waals surface area contributed by atoms with E-state index in [0.29, 0.717) is 31.1 Å². The number of ketones is 1. The molecule has 6 rings (SSSR count). The average Bonchev–Trinajstić information content (AvgIpc) is 3.62. The molecule has 6 fully saturated rings. The predicted octanol–water partition coefficient (Wildman–Crippen LogP) is 3.00. The van der Waals surface area contributed by atoms with Gasteiger partial charge in [-0.25, -0.2) is 9.59 Å². The minimum Gasteiger partial charge on any atom is -0.467 e. The lowest BCUT2D eigenvalue weighted by Gasteiger charge is -2.61. The summed E-state index contributed by atoms with van der Waals surface area (Å²) in [6.07, 6.45) is -8.57. The monoisotopic (exact) mass is 966 g/mol. The van der Waals surface area contributed by atoms with Gasteiger partial charge in [0.25, 0.3) is 0 Å². The Morgan fingerprint density at radius 1 is 0.500 bits per heavy atom. The van der Waals surface area contributed by atoms with E-state index < -0.39 is 122 Å². The molecular weight excluding hydrogens is 900 g/mol. The number of esters is 8. The normalized spacial score (nSPS) is 39.5. The van der Waals surface area contributed by atoms with E-state index in [4.69, 9.17) is 56.8 Å². The number of fused-ring (bicyclic) bond motifs is 5. The second-order valence-corrected chi connectivity index (χ2v) is 19.5. The summed E-state index contributed by atoms with van der Waals surface area (Å²) < 4.78 is 67.2. The maximum atomic E-state index is 14.3. The molecular formula is C47H66O21. The van der Waals surface area contributed by atoms with Crippen LogP contribution in [0.25, 0.3) is 0 Å².